The molecule has 2 aromatic carbocycles. The van der Waals surface area contributed by atoms with Crippen LogP contribution in [0.1, 0.15) is 24.4 Å². The number of aromatic nitrogens is 4. The van der Waals surface area contributed by atoms with Crippen LogP contribution in [0.5, 0.6) is 5.75 Å². The maximum absolute atomic E-state index is 12.7. The first-order chi connectivity index (χ1) is 13.3. The predicted octanol–water partition coefficient (Wildman–Crippen LogP) is 2.86. The van der Waals surface area contributed by atoms with Gasteiger partial charge in [0.05, 0.1) is 12.0 Å². The summed E-state index contributed by atoms with van der Waals surface area (Å²) in [6, 6.07) is 15.9. The molecule has 1 unspecified atom stereocenters. The van der Waals surface area contributed by atoms with Crippen molar-refractivity contribution in [3.8, 4) is 17.1 Å². The van der Waals surface area contributed by atoms with Crippen molar-refractivity contribution < 1.29 is 9.53 Å². The van der Waals surface area contributed by atoms with Crippen LogP contribution in [0.2, 0.25) is 0 Å². The van der Waals surface area contributed by atoms with Gasteiger partial charge in [0.1, 0.15) is 12.4 Å². The Morgan fingerprint density at radius 3 is 2.93 bits per heavy atom. The van der Waals surface area contributed by atoms with Crippen LogP contribution in [0, 0.1) is 5.92 Å². The lowest BCUT2D eigenvalue weighted by Gasteiger charge is -2.24. The summed E-state index contributed by atoms with van der Waals surface area (Å²) in [4.78, 5) is 12.7. The number of carbonyl (C=O) groups is 1. The Bertz CT molecular complexity index is 995. The summed E-state index contributed by atoms with van der Waals surface area (Å²) in [5.74, 6) is 1.36. The van der Waals surface area contributed by atoms with E-state index in [0.717, 1.165) is 41.2 Å². The molecule has 136 valence electrons. The number of ether oxygens (including phenoxy) is 1. The Hall–Kier alpha value is -3.22. The van der Waals surface area contributed by atoms with Gasteiger partial charge >= 0.3 is 0 Å². The highest BCUT2D eigenvalue weighted by molar-refractivity contribution is 5.93. The summed E-state index contributed by atoms with van der Waals surface area (Å²) in [5, 5.41) is 15.1. The van der Waals surface area contributed by atoms with E-state index < -0.39 is 0 Å². The molecule has 1 aliphatic heterocycles. The summed E-state index contributed by atoms with van der Waals surface area (Å²) in [7, 11) is 0. The molecule has 5 rings (SSSR count). The van der Waals surface area contributed by atoms with Crippen LogP contribution in [0.3, 0.4) is 0 Å². The lowest BCUT2D eigenvalue weighted by Crippen LogP contribution is -2.32. The maximum Gasteiger partial charge on any atom is 0.231 e. The number of rotatable bonds is 4. The van der Waals surface area contributed by atoms with E-state index >= 15 is 0 Å². The van der Waals surface area contributed by atoms with Crippen molar-refractivity contribution in [2.24, 2.45) is 5.92 Å². The van der Waals surface area contributed by atoms with Crippen LogP contribution < -0.4 is 10.1 Å². The molecule has 2 heterocycles. The number of amides is 1. The maximum atomic E-state index is 12.7. The van der Waals surface area contributed by atoms with Crippen molar-refractivity contribution in [2.45, 2.75) is 25.3 Å². The lowest BCUT2D eigenvalue weighted by molar-refractivity contribution is -0.121. The largest absolute Gasteiger partial charge is 0.492 e. The Morgan fingerprint density at radius 2 is 2.04 bits per heavy atom. The summed E-state index contributed by atoms with van der Waals surface area (Å²) < 4.78 is 7.60. The van der Waals surface area contributed by atoms with Crippen LogP contribution in [0.4, 0.5) is 5.69 Å². The second-order valence-corrected chi connectivity index (χ2v) is 7.07. The monoisotopic (exact) mass is 361 g/mol. The van der Waals surface area contributed by atoms with Crippen molar-refractivity contribution in [1.29, 1.82) is 0 Å². The third-order valence-electron chi connectivity index (χ3n) is 5.02. The molecule has 3 aromatic rings. The van der Waals surface area contributed by atoms with E-state index in [4.69, 9.17) is 4.74 Å². The number of hydrogen-bond acceptors (Lipinski definition) is 5. The number of nitrogens with one attached hydrogen (secondary N) is 1. The third kappa shape index (κ3) is 3.16. The van der Waals surface area contributed by atoms with Gasteiger partial charge in [-0.1, -0.05) is 30.3 Å². The topological polar surface area (TPSA) is 81.9 Å². The van der Waals surface area contributed by atoms with Crippen LogP contribution in [-0.2, 0) is 11.2 Å². The molecule has 0 spiro atoms. The van der Waals surface area contributed by atoms with E-state index in [1.807, 2.05) is 53.2 Å². The van der Waals surface area contributed by atoms with Gasteiger partial charge in [-0.25, -0.2) is 4.68 Å². The van der Waals surface area contributed by atoms with Gasteiger partial charge in [0.2, 0.25) is 5.91 Å². The average molecular weight is 361 g/mol. The molecule has 2 aliphatic rings. The highest BCUT2D eigenvalue weighted by Crippen LogP contribution is 2.37. The molecule has 27 heavy (non-hydrogen) atoms. The molecule has 1 amide bonds. The number of anilines is 1. The molecule has 1 saturated carbocycles. The highest BCUT2D eigenvalue weighted by atomic mass is 16.5. The number of fused-ring (bicyclic) bond motifs is 1. The molecule has 1 N–H and O–H groups in total. The zero-order chi connectivity index (χ0) is 18.2. The van der Waals surface area contributed by atoms with E-state index in [1.165, 1.54) is 0 Å². The summed E-state index contributed by atoms with van der Waals surface area (Å²) in [6.45, 7) is 0.391. The van der Waals surface area contributed by atoms with E-state index in [0.29, 0.717) is 19.1 Å². The van der Waals surface area contributed by atoms with Gasteiger partial charge in [-0.05, 0) is 53.5 Å². The zero-order valence-electron chi connectivity index (χ0n) is 14.7. The fourth-order valence-corrected chi connectivity index (χ4v) is 3.43. The van der Waals surface area contributed by atoms with Crippen LogP contribution in [0.25, 0.3) is 11.4 Å². The minimum absolute atomic E-state index is 0.0385. The summed E-state index contributed by atoms with van der Waals surface area (Å²) in [6.07, 6.45) is 2.90. The molecule has 1 fully saturated rings. The first kappa shape index (κ1) is 16.0. The van der Waals surface area contributed by atoms with E-state index in [1.54, 1.807) is 0 Å². The van der Waals surface area contributed by atoms with Gasteiger partial charge < -0.3 is 10.1 Å². The Labute approximate surface area is 156 Å². The van der Waals surface area contributed by atoms with Crippen molar-refractivity contribution in [3.05, 3.63) is 54.1 Å². The average Bonchev–Trinajstić information content (AvgIpc) is 3.44. The molecular formula is C20H19N5O2. The number of hydrogen-bond donors (Lipinski definition) is 1. The first-order valence-electron chi connectivity index (χ1n) is 9.18. The Kier molecular flexibility index (Phi) is 3.85. The fourth-order valence-electron chi connectivity index (χ4n) is 3.43. The van der Waals surface area contributed by atoms with Crippen molar-refractivity contribution >= 4 is 11.6 Å². The van der Waals surface area contributed by atoms with Crippen LogP contribution >= 0.6 is 0 Å². The Balaban J connectivity index is 1.33. The van der Waals surface area contributed by atoms with Gasteiger partial charge in [0, 0.05) is 11.3 Å². The second-order valence-electron chi connectivity index (χ2n) is 7.07. The quantitative estimate of drug-likeness (QED) is 0.773. The van der Waals surface area contributed by atoms with E-state index in [9.17, 15) is 4.79 Å². The molecule has 0 saturated heterocycles. The number of tetrazole rings is 1. The second kappa shape index (κ2) is 6.50. The first-order valence-corrected chi connectivity index (χ1v) is 9.18. The van der Waals surface area contributed by atoms with Gasteiger partial charge in [0.25, 0.3) is 0 Å². The minimum atomic E-state index is -0.208. The highest BCUT2D eigenvalue weighted by Gasteiger charge is 2.29. The van der Waals surface area contributed by atoms with Crippen molar-refractivity contribution in [2.75, 3.05) is 11.9 Å². The fraction of sp³-hybridized carbons (Fsp3) is 0.300. The lowest BCUT2D eigenvalue weighted by atomic mass is 9.96. The minimum Gasteiger partial charge on any atom is -0.492 e. The molecule has 1 aromatic heterocycles. The SMILES string of the molecule is O=C(Nc1cccc(-c2nnnn2C2CC2)c1)C1COc2ccccc2C1. The number of benzene rings is 2. The summed E-state index contributed by atoms with van der Waals surface area (Å²) in [5.41, 5.74) is 2.71. The predicted molar refractivity (Wildman–Crippen MR) is 99.3 cm³/mol. The van der Waals surface area contributed by atoms with Crippen molar-refractivity contribution in [1.82, 2.24) is 20.2 Å². The molecule has 0 radical (unpaired) electrons. The van der Waals surface area contributed by atoms with Crippen LogP contribution in [-0.4, -0.2) is 32.7 Å². The zero-order valence-corrected chi connectivity index (χ0v) is 14.7. The van der Waals surface area contributed by atoms with Gasteiger partial charge in [-0.15, -0.1) is 5.10 Å². The summed E-state index contributed by atoms with van der Waals surface area (Å²) >= 11 is 0. The molecule has 7 nitrogen and oxygen atoms in total. The third-order valence-corrected chi connectivity index (χ3v) is 5.02. The normalized spacial score (nSPS) is 18.4. The molecule has 7 heteroatoms. The smallest absolute Gasteiger partial charge is 0.231 e. The van der Waals surface area contributed by atoms with Gasteiger partial charge in [-0.2, -0.15) is 0 Å². The number of carbonyl (C=O) groups excluding carboxylic acids is 1. The molecule has 1 atom stereocenters. The van der Waals surface area contributed by atoms with Gasteiger partial charge in [0.15, 0.2) is 5.82 Å². The number of nitrogens with zero attached hydrogens (tertiary/aromatic N) is 4. The molecule has 0 bridgehead atoms. The molecular weight excluding hydrogens is 342 g/mol. The van der Waals surface area contributed by atoms with E-state index in [-0.39, 0.29) is 11.8 Å². The number of para-hydroxylation sites is 1. The molecule has 1 aliphatic carbocycles. The van der Waals surface area contributed by atoms with Crippen LogP contribution in [0.15, 0.2) is 48.5 Å². The Morgan fingerprint density at radius 1 is 1.15 bits per heavy atom. The van der Waals surface area contributed by atoms with Gasteiger partial charge in [-0.3, -0.25) is 4.79 Å². The standard InChI is InChI=1S/C20H19N5O2/c26-20(15-10-13-4-1-2-7-18(13)27-12-15)21-16-6-3-5-14(11-16)19-22-23-24-25(19)17-8-9-17/h1-7,11,15,17H,8-10,12H2,(H,21,26). The van der Waals surface area contributed by atoms with Crippen molar-refractivity contribution in [3.63, 3.8) is 0 Å². The van der Waals surface area contributed by atoms with E-state index in [2.05, 4.69) is 20.8 Å².